The van der Waals surface area contributed by atoms with Crippen molar-refractivity contribution in [1.82, 2.24) is 0 Å². The van der Waals surface area contributed by atoms with E-state index < -0.39 is 0 Å². The number of rotatable bonds is 2. The van der Waals surface area contributed by atoms with Gasteiger partial charge in [0.2, 0.25) is 0 Å². The maximum absolute atomic E-state index is 9.02. The monoisotopic (exact) mass is 366 g/mol. The van der Waals surface area contributed by atoms with E-state index in [1.807, 2.05) is 0 Å². The van der Waals surface area contributed by atoms with Crippen molar-refractivity contribution in [3.8, 4) is 11.5 Å². The molecule has 0 saturated heterocycles. The molecule has 0 aliphatic heterocycles. The van der Waals surface area contributed by atoms with Crippen molar-refractivity contribution in [3.05, 3.63) is 68.4 Å². The van der Waals surface area contributed by atoms with Gasteiger partial charge in [-0.05, 0) is 35.9 Å². The van der Waals surface area contributed by atoms with E-state index in [2.05, 4.69) is 0 Å². The fourth-order valence-electron chi connectivity index (χ4n) is 1.28. The molecule has 0 bridgehead atoms. The Morgan fingerprint density at radius 3 is 2.00 bits per heavy atom. The van der Waals surface area contributed by atoms with Crippen LogP contribution >= 0.6 is 23.2 Å². The van der Waals surface area contributed by atoms with Crippen molar-refractivity contribution in [1.29, 1.82) is 0 Å². The second-order valence-corrected chi connectivity index (χ2v) is 4.48. The van der Waals surface area contributed by atoms with Crippen LogP contribution in [-0.4, -0.2) is 22.6 Å². The van der Waals surface area contributed by atoms with Crippen LogP contribution in [0.25, 0.3) is 10.8 Å². The van der Waals surface area contributed by atoms with Crippen molar-refractivity contribution >= 4 is 35.6 Å². The maximum Gasteiger partial charge on any atom is 2.00 e. The zero-order chi connectivity index (χ0) is 15.1. The number of nitrogens with zero attached hydrogens (tertiary/aromatic N) is 2. The predicted molar refractivity (Wildman–Crippen MR) is 83.3 cm³/mol. The SMILES string of the molecule is [N-]=Cc1c(O)cccc1Cl.[N-]=Cc1cc(Cl)ccc1O.[Ni+2]. The number of halogens is 2. The van der Waals surface area contributed by atoms with E-state index in [0.717, 1.165) is 12.4 Å². The summed E-state index contributed by atoms with van der Waals surface area (Å²) in [4.78, 5) is 0. The summed E-state index contributed by atoms with van der Waals surface area (Å²) in [5.41, 5.74) is 0.580. The minimum atomic E-state index is -0.0185. The molecule has 0 amide bonds. The van der Waals surface area contributed by atoms with Gasteiger partial charge in [-0.25, -0.2) is 0 Å². The molecule has 2 N–H and O–H groups in total. The Morgan fingerprint density at radius 2 is 1.57 bits per heavy atom. The van der Waals surface area contributed by atoms with Crippen LogP contribution in [0.3, 0.4) is 0 Å². The summed E-state index contributed by atoms with van der Waals surface area (Å²) in [7, 11) is 0. The summed E-state index contributed by atoms with van der Waals surface area (Å²) in [5, 5.41) is 35.8. The molecule has 0 heterocycles. The molecule has 112 valence electrons. The van der Waals surface area contributed by atoms with Gasteiger partial charge in [0.25, 0.3) is 0 Å². The smallest absolute Gasteiger partial charge is 0.810 e. The molecular weight excluding hydrogens is 358 g/mol. The molecule has 2 aromatic carbocycles. The summed E-state index contributed by atoms with van der Waals surface area (Å²) >= 11 is 11.1. The molecule has 0 aromatic heterocycles. The minimum absolute atomic E-state index is 0. The Bertz CT molecular complexity index is 616. The van der Waals surface area contributed by atoms with Gasteiger partial charge in [0.1, 0.15) is 11.5 Å². The van der Waals surface area contributed by atoms with Crippen LogP contribution in [0.5, 0.6) is 11.5 Å². The van der Waals surface area contributed by atoms with Crippen LogP contribution < -0.4 is 0 Å². The summed E-state index contributed by atoms with van der Waals surface area (Å²) in [6.45, 7) is 0. The number of aromatic hydroxyl groups is 2. The van der Waals surface area contributed by atoms with Crippen LogP contribution in [0.15, 0.2) is 36.4 Å². The van der Waals surface area contributed by atoms with Crippen LogP contribution in [0.1, 0.15) is 11.1 Å². The van der Waals surface area contributed by atoms with Crippen LogP contribution in [-0.2, 0) is 16.5 Å². The van der Waals surface area contributed by atoms with E-state index in [9.17, 15) is 0 Å². The van der Waals surface area contributed by atoms with Gasteiger partial charge in [-0.1, -0.05) is 29.3 Å². The van der Waals surface area contributed by atoms with E-state index in [1.54, 1.807) is 18.2 Å². The average Bonchev–Trinajstić information content (AvgIpc) is 2.42. The number of phenols is 2. The molecule has 2 rings (SSSR count). The van der Waals surface area contributed by atoms with E-state index >= 15 is 0 Å². The molecule has 0 aliphatic rings. The van der Waals surface area contributed by atoms with Gasteiger partial charge in [0.15, 0.2) is 0 Å². The molecule has 0 atom stereocenters. The summed E-state index contributed by atoms with van der Waals surface area (Å²) in [5.74, 6) is 0.00176. The summed E-state index contributed by atoms with van der Waals surface area (Å²) in [6.07, 6.45) is 1.58. The van der Waals surface area contributed by atoms with Crippen molar-refractivity contribution in [2.75, 3.05) is 0 Å². The summed E-state index contributed by atoms with van der Waals surface area (Å²) < 4.78 is 0. The van der Waals surface area contributed by atoms with Gasteiger partial charge in [-0.3, -0.25) is 0 Å². The van der Waals surface area contributed by atoms with Gasteiger partial charge < -0.3 is 21.0 Å². The maximum atomic E-state index is 9.02. The van der Waals surface area contributed by atoms with Crippen LogP contribution in [0.4, 0.5) is 0 Å². The first-order valence-electron chi connectivity index (χ1n) is 5.40. The van der Waals surface area contributed by atoms with Gasteiger partial charge in [0.05, 0.1) is 0 Å². The van der Waals surface area contributed by atoms with Crippen LogP contribution in [0, 0.1) is 0 Å². The first kappa shape index (κ1) is 19.5. The first-order valence-corrected chi connectivity index (χ1v) is 6.16. The Balaban J connectivity index is 0.000000364. The normalized spacial score (nSPS) is 8.86. The molecule has 0 fully saturated rings. The molecule has 0 radical (unpaired) electrons. The average molecular weight is 368 g/mol. The van der Waals surface area contributed by atoms with Crippen molar-refractivity contribution < 1.29 is 26.7 Å². The Hall–Kier alpha value is -1.55. The van der Waals surface area contributed by atoms with E-state index in [-0.39, 0.29) is 33.6 Å². The third-order valence-electron chi connectivity index (χ3n) is 2.29. The number of benzene rings is 2. The van der Waals surface area contributed by atoms with E-state index in [1.165, 1.54) is 18.2 Å². The van der Waals surface area contributed by atoms with Gasteiger partial charge in [0, 0.05) is 15.6 Å². The standard InChI is InChI=1S/2C7H5ClNO.Ni/c8-6-1-2-7(10)5(3-6)4-9;8-6-2-1-3-7(10)5(6)4-9;/h2*1-4,10H;/q2*-1;+2. The zero-order valence-corrected chi connectivity index (χ0v) is 13.0. The van der Waals surface area contributed by atoms with E-state index in [0.29, 0.717) is 15.6 Å². The molecule has 0 aliphatic carbocycles. The minimum Gasteiger partial charge on any atom is -0.810 e. The van der Waals surface area contributed by atoms with Gasteiger partial charge in [-0.15, -0.1) is 0 Å². The third kappa shape index (κ3) is 5.76. The fourth-order valence-corrected chi connectivity index (χ4v) is 1.68. The topological polar surface area (TPSA) is 85.1 Å². The Morgan fingerprint density at radius 1 is 0.905 bits per heavy atom. The predicted octanol–water partition coefficient (Wildman–Crippen LogP) is 4.07. The van der Waals surface area contributed by atoms with Crippen molar-refractivity contribution in [3.63, 3.8) is 0 Å². The number of hydrogen-bond donors (Lipinski definition) is 2. The Labute approximate surface area is 142 Å². The second-order valence-electron chi connectivity index (χ2n) is 3.63. The van der Waals surface area contributed by atoms with E-state index in [4.69, 9.17) is 44.2 Å². The second kappa shape index (κ2) is 9.40. The molecule has 0 spiro atoms. The molecule has 2 aromatic rings. The van der Waals surface area contributed by atoms with Crippen LogP contribution in [0.2, 0.25) is 10.0 Å². The number of phenolic OH excluding ortho intramolecular Hbond substituents is 2. The van der Waals surface area contributed by atoms with Gasteiger partial charge >= 0.3 is 16.5 Å². The summed E-state index contributed by atoms with van der Waals surface area (Å²) in [6, 6.07) is 9.08. The first-order chi connectivity index (χ1) is 9.49. The Kier molecular flexibility index (Phi) is 8.71. The molecule has 21 heavy (non-hydrogen) atoms. The zero-order valence-electron chi connectivity index (χ0n) is 10.5. The fraction of sp³-hybridized carbons (Fsp3) is 0. The molecular formula is C14H10Cl2N2NiO2. The molecule has 0 saturated carbocycles. The molecule has 0 unspecified atom stereocenters. The third-order valence-corrected chi connectivity index (χ3v) is 2.85. The molecule has 4 nitrogen and oxygen atoms in total. The van der Waals surface area contributed by atoms with Crippen molar-refractivity contribution in [2.45, 2.75) is 0 Å². The molecule has 7 heteroatoms. The van der Waals surface area contributed by atoms with Gasteiger partial charge in [-0.2, -0.15) is 12.4 Å². The van der Waals surface area contributed by atoms with Crippen molar-refractivity contribution in [2.24, 2.45) is 0 Å². The number of hydrogen-bond acceptors (Lipinski definition) is 2. The quantitative estimate of drug-likeness (QED) is 0.619. The largest absolute Gasteiger partial charge is 2.00 e.